The number of benzene rings is 2. The molecule has 29 heavy (non-hydrogen) atoms. The lowest BCUT2D eigenvalue weighted by Crippen LogP contribution is -2.16. The van der Waals surface area contributed by atoms with Crippen LogP contribution in [0.3, 0.4) is 0 Å². The molecule has 2 aromatic carbocycles. The van der Waals surface area contributed by atoms with Crippen molar-refractivity contribution in [2.75, 3.05) is 0 Å². The van der Waals surface area contributed by atoms with Crippen LogP contribution in [0.4, 0.5) is 0 Å². The Balaban J connectivity index is 1.83. The first-order chi connectivity index (χ1) is 14.0. The number of nitrogens with zero attached hydrogens (tertiary/aromatic N) is 1. The van der Waals surface area contributed by atoms with E-state index in [4.69, 9.17) is 16.3 Å². The zero-order chi connectivity index (χ0) is 20.4. The summed E-state index contributed by atoms with van der Waals surface area (Å²) in [6.45, 7) is 0.406. The van der Waals surface area contributed by atoms with E-state index in [1.54, 1.807) is 19.4 Å². The molecule has 2 heterocycles. The molecular formula is C23H19ClN2O3. The fraction of sp³-hybridized carbons (Fsp3) is 0.130. The molecule has 0 saturated heterocycles. The monoisotopic (exact) mass is 406 g/mol. The highest BCUT2D eigenvalue weighted by atomic mass is 35.5. The van der Waals surface area contributed by atoms with Crippen LogP contribution in [0.15, 0.2) is 71.8 Å². The molecule has 4 rings (SSSR count). The number of aromatic nitrogens is 2. The summed E-state index contributed by atoms with van der Waals surface area (Å²) in [4.78, 5) is 26.8. The minimum Gasteiger partial charge on any atom is -0.488 e. The summed E-state index contributed by atoms with van der Waals surface area (Å²) in [7, 11) is 1.71. The van der Waals surface area contributed by atoms with E-state index in [1.807, 2.05) is 54.6 Å². The Morgan fingerprint density at radius 3 is 2.62 bits per heavy atom. The minimum absolute atomic E-state index is 0.104. The van der Waals surface area contributed by atoms with E-state index >= 15 is 0 Å². The predicted octanol–water partition coefficient (Wildman–Crippen LogP) is 4.42. The third-order valence-electron chi connectivity index (χ3n) is 4.81. The van der Waals surface area contributed by atoms with Gasteiger partial charge < -0.3 is 14.3 Å². The van der Waals surface area contributed by atoms with Crippen LogP contribution in [0, 0.1) is 0 Å². The number of pyridine rings is 1. The summed E-state index contributed by atoms with van der Waals surface area (Å²) in [5.74, 6) is 0.667. The Morgan fingerprint density at radius 2 is 1.86 bits per heavy atom. The molecule has 0 bridgehead atoms. The van der Waals surface area contributed by atoms with Gasteiger partial charge in [-0.25, -0.2) is 0 Å². The number of fused-ring (bicyclic) bond motifs is 1. The largest absolute Gasteiger partial charge is 0.488 e. The molecular weight excluding hydrogens is 388 g/mol. The molecule has 5 nitrogen and oxygen atoms in total. The molecule has 2 aromatic heterocycles. The van der Waals surface area contributed by atoms with Crippen LogP contribution in [0.25, 0.3) is 22.0 Å². The predicted molar refractivity (Wildman–Crippen MR) is 114 cm³/mol. The van der Waals surface area contributed by atoms with Crippen LogP contribution in [-0.4, -0.2) is 14.8 Å². The Hall–Kier alpha value is -3.31. The molecule has 0 aliphatic heterocycles. The number of hydrogen-bond donors (Lipinski definition) is 1. The average molecular weight is 407 g/mol. The lowest BCUT2D eigenvalue weighted by Gasteiger charge is -2.15. The number of aromatic amines is 1. The highest BCUT2D eigenvalue weighted by Gasteiger charge is 2.15. The third kappa shape index (κ3) is 3.96. The van der Waals surface area contributed by atoms with Crippen molar-refractivity contribution in [1.29, 1.82) is 0 Å². The average Bonchev–Trinajstić information content (AvgIpc) is 3.20. The topological polar surface area (TPSA) is 64.1 Å². The van der Waals surface area contributed by atoms with Gasteiger partial charge >= 0.3 is 0 Å². The van der Waals surface area contributed by atoms with Gasteiger partial charge in [-0.2, -0.15) is 0 Å². The van der Waals surface area contributed by atoms with Crippen molar-refractivity contribution < 1.29 is 9.53 Å². The molecule has 0 aliphatic carbocycles. The molecule has 146 valence electrons. The molecule has 0 aliphatic rings. The van der Waals surface area contributed by atoms with Crippen LogP contribution in [-0.2, 0) is 24.9 Å². The number of rotatable bonds is 6. The molecule has 0 amide bonds. The van der Waals surface area contributed by atoms with Crippen molar-refractivity contribution >= 4 is 27.7 Å². The van der Waals surface area contributed by atoms with Crippen molar-refractivity contribution in [3.63, 3.8) is 0 Å². The molecule has 1 N–H and O–H groups in total. The number of H-pyrrole nitrogens is 1. The van der Waals surface area contributed by atoms with Crippen LogP contribution < -0.4 is 10.3 Å². The van der Waals surface area contributed by atoms with E-state index in [0.29, 0.717) is 17.9 Å². The fourth-order valence-corrected chi connectivity index (χ4v) is 3.56. The van der Waals surface area contributed by atoms with Crippen molar-refractivity contribution in [3.8, 4) is 16.9 Å². The second-order valence-electron chi connectivity index (χ2n) is 6.86. The van der Waals surface area contributed by atoms with Crippen LogP contribution in [0.2, 0.25) is 0 Å². The maximum absolute atomic E-state index is 12.4. The highest BCUT2D eigenvalue weighted by molar-refractivity contribution is 6.63. The first kappa shape index (κ1) is 19.0. The van der Waals surface area contributed by atoms with Crippen LogP contribution >= 0.6 is 11.6 Å². The van der Waals surface area contributed by atoms with Gasteiger partial charge in [0.2, 0.25) is 5.24 Å². The maximum atomic E-state index is 12.4. The molecule has 6 heteroatoms. The van der Waals surface area contributed by atoms with E-state index in [9.17, 15) is 9.59 Å². The van der Waals surface area contributed by atoms with Gasteiger partial charge in [0.1, 0.15) is 17.9 Å². The lowest BCUT2D eigenvalue weighted by molar-refractivity contribution is -0.111. The van der Waals surface area contributed by atoms with Gasteiger partial charge in [0.25, 0.3) is 5.56 Å². The Bertz CT molecular complexity index is 1240. The molecule has 0 atom stereocenters. The zero-order valence-corrected chi connectivity index (χ0v) is 16.6. The standard InChI is InChI=1S/C23H19ClN2O3/c1-26-13-19(17-9-10-25-22(17)23(26)28)18-11-16(12-21(24)27)7-8-20(18)29-14-15-5-3-2-4-6-15/h2-11,13,25H,12,14H2,1H3. The van der Waals surface area contributed by atoms with Gasteiger partial charge in [0.15, 0.2) is 0 Å². The summed E-state index contributed by atoms with van der Waals surface area (Å²) in [5.41, 5.74) is 3.90. The number of nitrogens with one attached hydrogen (secondary N) is 1. The van der Waals surface area contributed by atoms with Crippen LogP contribution in [0.5, 0.6) is 5.75 Å². The van der Waals surface area contributed by atoms with Gasteiger partial charge in [-0.1, -0.05) is 36.4 Å². The molecule has 0 fully saturated rings. The Morgan fingerprint density at radius 1 is 1.07 bits per heavy atom. The summed E-state index contributed by atoms with van der Waals surface area (Å²) in [5, 5.41) is 0.369. The van der Waals surface area contributed by atoms with E-state index < -0.39 is 5.24 Å². The SMILES string of the molecule is Cn1cc(-c2cc(CC(=O)Cl)ccc2OCc2ccccc2)c2cc[nH]c2c1=O. The number of aryl methyl sites for hydroxylation is 1. The highest BCUT2D eigenvalue weighted by Crippen LogP contribution is 2.35. The lowest BCUT2D eigenvalue weighted by atomic mass is 9.99. The minimum atomic E-state index is -0.429. The number of halogens is 1. The molecule has 0 spiro atoms. The van der Waals surface area contributed by atoms with Gasteiger partial charge in [-0.15, -0.1) is 0 Å². The Kier molecular flexibility index (Phi) is 5.23. The summed E-state index contributed by atoms with van der Waals surface area (Å²) >= 11 is 5.59. The van der Waals surface area contributed by atoms with Crippen molar-refractivity contribution in [2.45, 2.75) is 13.0 Å². The van der Waals surface area contributed by atoms with E-state index in [-0.39, 0.29) is 12.0 Å². The van der Waals surface area contributed by atoms with E-state index in [0.717, 1.165) is 27.6 Å². The van der Waals surface area contributed by atoms with Crippen molar-refractivity contribution in [1.82, 2.24) is 9.55 Å². The molecule has 0 radical (unpaired) electrons. The van der Waals surface area contributed by atoms with Crippen molar-refractivity contribution in [3.05, 3.63) is 88.5 Å². The van der Waals surface area contributed by atoms with Gasteiger partial charge in [-0.3, -0.25) is 9.59 Å². The van der Waals surface area contributed by atoms with Crippen LogP contribution in [0.1, 0.15) is 11.1 Å². The number of hydrogen-bond acceptors (Lipinski definition) is 3. The normalized spacial score (nSPS) is 11.0. The second-order valence-corrected chi connectivity index (χ2v) is 7.28. The van der Waals surface area contributed by atoms with Crippen molar-refractivity contribution in [2.24, 2.45) is 7.05 Å². The quantitative estimate of drug-likeness (QED) is 0.482. The third-order valence-corrected chi connectivity index (χ3v) is 4.94. The first-order valence-corrected chi connectivity index (χ1v) is 9.56. The van der Waals surface area contributed by atoms with Gasteiger partial charge in [0.05, 0.1) is 0 Å². The number of carbonyl (C=O) groups excluding carboxylic acids is 1. The number of ether oxygens (including phenoxy) is 1. The summed E-state index contributed by atoms with van der Waals surface area (Å²) in [6.07, 6.45) is 3.65. The summed E-state index contributed by atoms with van der Waals surface area (Å²) < 4.78 is 7.65. The first-order valence-electron chi connectivity index (χ1n) is 9.18. The van der Waals surface area contributed by atoms with Gasteiger partial charge in [-0.05, 0) is 40.9 Å². The molecule has 0 unspecified atom stereocenters. The fourth-order valence-electron chi connectivity index (χ4n) is 3.40. The summed E-state index contributed by atoms with van der Waals surface area (Å²) in [6, 6.07) is 17.3. The number of carbonyl (C=O) groups is 1. The Labute approximate surface area is 172 Å². The molecule has 4 aromatic rings. The van der Waals surface area contributed by atoms with E-state index in [2.05, 4.69) is 4.98 Å². The maximum Gasteiger partial charge on any atom is 0.274 e. The zero-order valence-electron chi connectivity index (χ0n) is 15.8. The smallest absolute Gasteiger partial charge is 0.274 e. The molecule has 0 saturated carbocycles. The van der Waals surface area contributed by atoms with E-state index in [1.165, 1.54) is 4.57 Å². The second kappa shape index (κ2) is 7.97. The van der Waals surface area contributed by atoms with Gasteiger partial charge in [0, 0.05) is 42.4 Å².